The van der Waals surface area contributed by atoms with Crippen LogP contribution in [0.25, 0.3) is 27.7 Å². The second kappa shape index (κ2) is 7.28. The summed E-state index contributed by atoms with van der Waals surface area (Å²) >= 11 is 0. The molecule has 0 aromatic carbocycles. The molecule has 1 amide bonds. The van der Waals surface area contributed by atoms with Crippen molar-refractivity contribution in [3.8, 4) is 17.1 Å². The van der Waals surface area contributed by atoms with Gasteiger partial charge in [-0.3, -0.25) is 9.78 Å². The molecule has 5 heterocycles. The van der Waals surface area contributed by atoms with E-state index in [0.29, 0.717) is 35.0 Å². The van der Waals surface area contributed by atoms with E-state index in [1.54, 1.807) is 41.4 Å². The lowest BCUT2D eigenvalue weighted by molar-refractivity contribution is 0.102. The number of nitrogens with zero attached hydrogens (tertiary/aromatic N) is 5. The molecule has 0 saturated heterocycles. The number of hydrogen-bond donors (Lipinski definition) is 2. The molecule has 5 rings (SSSR count). The molecule has 0 unspecified atom stereocenters. The monoisotopic (exact) mass is 399 g/mol. The molecule has 0 saturated carbocycles. The average molecular weight is 399 g/mol. The average Bonchev–Trinajstić information content (AvgIpc) is 3.38. The Hall–Kier alpha value is -4.27. The zero-order valence-corrected chi connectivity index (χ0v) is 16.0. The molecule has 9 nitrogen and oxygen atoms in total. The maximum Gasteiger partial charge on any atom is 0.318 e. The van der Waals surface area contributed by atoms with Gasteiger partial charge in [-0.25, -0.2) is 9.50 Å². The minimum absolute atomic E-state index is 0.251. The van der Waals surface area contributed by atoms with Crippen LogP contribution in [0.4, 0.5) is 5.69 Å². The van der Waals surface area contributed by atoms with Gasteiger partial charge in [-0.05, 0) is 36.8 Å². The normalized spacial score (nSPS) is 11.1. The number of fused-ring (bicyclic) bond motifs is 2. The van der Waals surface area contributed by atoms with Gasteiger partial charge < -0.3 is 15.0 Å². The first-order chi connectivity index (χ1) is 14.7. The smallest absolute Gasteiger partial charge is 0.318 e. The molecule has 0 spiro atoms. The van der Waals surface area contributed by atoms with Gasteiger partial charge in [-0.2, -0.15) is 10.1 Å². The van der Waals surface area contributed by atoms with Gasteiger partial charge in [0.05, 0.1) is 35.8 Å². The SMILES string of the molecule is CCOc1ncc2c(-c3ccn4ncc(C(=O)Nc5cccnc5)c4c3)c[nH]c2n1. The van der Waals surface area contributed by atoms with Crippen LogP contribution in [0.5, 0.6) is 6.01 Å². The van der Waals surface area contributed by atoms with Crippen LogP contribution in [0.1, 0.15) is 17.3 Å². The van der Waals surface area contributed by atoms with Gasteiger partial charge >= 0.3 is 6.01 Å². The third-order valence-corrected chi connectivity index (χ3v) is 4.68. The van der Waals surface area contributed by atoms with E-state index in [9.17, 15) is 4.79 Å². The minimum atomic E-state index is -0.251. The molecule has 5 aromatic heterocycles. The van der Waals surface area contributed by atoms with Crippen LogP contribution in [0.15, 0.2) is 61.4 Å². The lowest BCUT2D eigenvalue weighted by atomic mass is 10.1. The number of carbonyl (C=O) groups excluding carboxylic acids is 1. The van der Waals surface area contributed by atoms with Gasteiger partial charge in [0, 0.05) is 35.7 Å². The lowest BCUT2D eigenvalue weighted by Crippen LogP contribution is -2.11. The Kier molecular flexibility index (Phi) is 4.32. The minimum Gasteiger partial charge on any atom is -0.464 e. The van der Waals surface area contributed by atoms with Crippen LogP contribution in [0.2, 0.25) is 0 Å². The Bertz CT molecular complexity index is 1360. The van der Waals surface area contributed by atoms with Gasteiger partial charge in [-0.1, -0.05) is 0 Å². The Morgan fingerprint density at radius 2 is 2.20 bits per heavy atom. The quantitative estimate of drug-likeness (QED) is 0.469. The highest BCUT2D eigenvalue weighted by Gasteiger charge is 2.16. The maximum atomic E-state index is 12.8. The van der Waals surface area contributed by atoms with Crippen molar-refractivity contribution < 1.29 is 9.53 Å². The Balaban J connectivity index is 1.53. The summed E-state index contributed by atoms with van der Waals surface area (Å²) in [4.78, 5) is 28.6. The summed E-state index contributed by atoms with van der Waals surface area (Å²) in [5.41, 5.74) is 4.31. The first-order valence-electron chi connectivity index (χ1n) is 9.39. The molecule has 9 heteroatoms. The van der Waals surface area contributed by atoms with E-state index in [2.05, 4.69) is 30.4 Å². The van der Waals surface area contributed by atoms with Crippen molar-refractivity contribution in [1.29, 1.82) is 0 Å². The molecular formula is C21H17N7O2. The molecule has 0 bridgehead atoms. The van der Waals surface area contributed by atoms with E-state index < -0.39 is 0 Å². The fourth-order valence-electron chi connectivity index (χ4n) is 3.29. The molecule has 5 aromatic rings. The molecule has 2 N–H and O–H groups in total. The maximum absolute atomic E-state index is 12.8. The molecule has 148 valence electrons. The van der Waals surface area contributed by atoms with E-state index in [4.69, 9.17) is 4.74 Å². The third-order valence-electron chi connectivity index (χ3n) is 4.68. The van der Waals surface area contributed by atoms with Crippen LogP contribution in [-0.4, -0.2) is 42.1 Å². The van der Waals surface area contributed by atoms with Crippen LogP contribution >= 0.6 is 0 Å². The van der Waals surface area contributed by atoms with E-state index in [1.165, 1.54) is 0 Å². The third kappa shape index (κ3) is 3.12. The van der Waals surface area contributed by atoms with E-state index in [0.717, 1.165) is 16.5 Å². The predicted octanol–water partition coefficient (Wildman–Crippen LogP) is 3.32. The van der Waals surface area contributed by atoms with Crippen molar-refractivity contribution in [2.24, 2.45) is 0 Å². The first-order valence-corrected chi connectivity index (χ1v) is 9.39. The summed E-state index contributed by atoms with van der Waals surface area (Å²) in [5.74, 6) is -0.251. The van der Waals surface area contributed by atoms with Crippen molar-refractivity contribution in [1.82, 2.24) is 29.5 Å². The second-order valence-corrected chi connectivity index (χ2v) is 6.55. The van der Waals surface area contributed by atoms with Crippen molar-refractivity contribution >= 4 is 28.1 Å². The summed E-state index contributed by atoms with van der Waals surface area (Å²) in [6, 6.07) is 7.73. The molecular weight excluding hydrogens is 382 g/mol. The zero-order valence-electron chi connectivity index (χ0n) is 16.0. The number of aromatic nitrogens is 6. The summed E-state index contributed by atoms with van der Waals surface area (Å²) in [5, 5.41) is 8.00. The van der Waals surface area contributed by atoms with Gasteiger partial charge in [0.15, 0.2) is 0 Å². The van der Waals surface area contributed by atoms with E-state index in [-0.39, 0.29) is 5.91 Å². The number of carbonyl (C=O) groups is 1. The molecule has 0 aliphatic rings. The summed E-state index contributed by atoms with van der Waals surface area (Å²) < 4.78 is 7.03. The first kappa shape index (κ1) is 17.8. The fourth-order valence-corrected chi connectivity index (χ4v) is 3.29. The topological polar surface area (TPSA) is 110 Å². The van der Waals surface area contributed by atoms with Crippen molar-refractivity contribution in [3.63, 3.8) is 0 Å². The molecule has 30 heavy (non-hydrogen) atoms. The molecule has 0 radical (unpaired) electrons. The summed E-state index contributed by atoms with van der Waals surface area (Å²) in [6.07, 6.45) is 10.2. The highest BCUT2D eigenvalue weighted by atomic mass is 16.5. The van der Waals surface area contributed by atoms with Crippen LogP contribution in [0.3, 0.4) is 0 Å². The Morgan fingerprint density at radius 1 is 1.27 bits per heavy atom. The molecule has 0 fully saturated rings. The Morgan fingerprint density at radius 3 is 3.03 bits per heavy atom. The number of ether oxygens (including phenoxy) is 1. The molecule has 0 aliphatic heterocycles. The van der Waals surface area contributed by atoms with Gasteiger partial charge in [-0.15, -0.1) is 0 Å². The highest BCUT2D eigenvalue weighted by Crippen LogP contribution is 2.29. The second-order valence-electron chi connectivity index (χ2n) is 6.55. The number of pyridine rings is 2. The fraction of sp³-hybridized carbons (Fsp3) is 0.0952. The molecule has 0 aliphatic carbocycles. The standard InChI is InChI=1S/C21H17N7O2/c1-2-30-21-24-11-16-15(10-23-19(16)27-21)13-5-7-28-18(8-13)17(12-25-28)20(29)26-14-4-3-6-22-9-14/h3-12H,2H2,1H3,(H,26,29)(H,23,24,27). The van der Waals surface area contributed by atoms with Gasteiger partial charge in [0.25, 0.3) is 5.91 Å². The summed E-state index contributed by atoms with van der Waals surface area (Å²) in [6.45, 7) is 2.39. The van der Waals surface area contributed by atoms with Crippen LogP contribution < -0.4 is 10.1 Å². The van der Waals surface area contributed by atoms with Gasteiger partial charge in [0.1, 0.15) is 5.65 Å². The van der Waals surface area contributed by atoms with Crippen molar-refractivity contribution in [3.05, 3.63) is 67.0 Å². The lowest BCUT2D eigenvalue weighted by Gasteiger charge is -2.05. The number of nitrogens with one attached hydrogen (secondary N) is 2. The number of rotatable bonds is 5. The van der Waals surface area contributed by atoms with E-state index in [1.807, 2.05) is 31.5 Å². The Labute approximate surface area is 170 Å². The highest BCUT2D eigenvalue weighted by molar-refractivity contribution is 6.09. The van der Waals surface area contributed by atoms with Crippen LogP contribution in [-0.2, 0) is 0 Å². The summed E-state index contributed by atoms with van der Waals surface area (Å²) in [7, 11) is 0. The van der Waals surface area contributed by atoms with Crippen molar-refractivity contribution in [2.75, 3.05) is 11.9 Å². The molecule has 0 atom stereocenters. The number of amides is 1. The van der Waals surface area contributed by atoms with Gasteiger partial charge in [0.2, 0.25) is 0 Å². The number of H-pyrrole nitrogens is 1. The number of anilines is 1. The number of aromatic amines is 1. The number of hydrogen-bond acceptors (Lipinski definition) is 6. The predicted molar refractivity (Wildman–Crippen MR) is 111 cm³/mol. The van der Waals surface area contributed by atoms with E-state index >= 15 is 0 Å². The van der Waals surface area contributed by atoms with Crippen molar-refractivity contribution in [2.45, 2.75) is 6.92 Å². The van der Waals surface area contributed by atoms with Crippen LogP contribution in [0, 0.1) is 0 Å². The zero-order chi connectivity index (χ0) is 20.5. The largest absolute Gasteiger partial charge is 0.464 e.